The highest BCUT2D eigenvalue weighted by atomic mass is 31.2. The van der Waals surface area contributed by atoms with Gasteiger partial charge in [-0.1, -0.05) is 40.0 Å². The molecule has 47 heteroatoms. The molecule has 6 fully saturated rings. The third-order valence-corrected chi connectivity index (χ3v) is 28.1. The van der Waals surface area contributed by atoms with E-state index >= 15 is 0 Å². The number of aliphatic hydroxyl groups excluding tert-OH is 10. The van der Waals surface area contributed by atoms with Crippen LogP contribution < -0.4 is 5.32 Å². The van der Waals surface area contributed by atoms with Crippen LogP contribution in [0.1, 0.15) is 227 Å². The number of hydrogen-bond donors (Lipinski definition) is 14. The summed E-state index contributed by atoms with van der Waals surface area (Å²) < 4.78 is 135. The molecular formula is C89H157N2O42P3. The number of carbonyl (C=O) groups excluding carboxylic acids is 8. The Balaban J connectivity index is 1.07. The fourth-order valence-electron chi connectivity index (χ4n) is 16.7. The first-order valence-corrected chi connectivity index (χ1v) is 52.7. The molecule has 14 N–H and O–H groups in total. The van der Waals surface area contributed by atoms with Crippen molar-refractivity contribution >= 4 is 76.0 Å². The highest BCUT2D eigenvalue weighted by molar-refractivity contribution is 7.58. The number of nitrogens with one attached hydrogen (secondary N) is 1. The Morgan fingerprint density at radius 2 is 0.787 bits per heavy atom. The summed E-state index contributed by atoms with van der Waals surface area (Å²) in [4.78, 5) is 142. The van der Waals surface area contributed by atoms with Crippen molar-refractivity contribution < 1.29 is 202 Å². The molecular weight excluding hydrogens is 1860 g/mol. The van der Waals surface area contributed by atoms with Gasteiger partial charge in [-0.05, 0) is 104 Å². The number of hydrogen-bond acceptors (Lipinski definition) is 40. The van der Waals surface area contributed by atoms with E-state index in [1.165, 1.54) is 14.2 Å². The van der Waals surface area contributed by atoms with E-state index in [1.54, 1.807) is 34.6 Å². The molecule has 0 aromatic rings. The van der Waals surface area contributed by atoms with Crippen molar-refractivity contribution in [2.75, 3.05) is 133 Å². The molecule has 9 unspecified atom stereocenters. The molecule has 0 spiro atoms. The van der Waals surface area contributed by atoms with Crippen LogP contribution in [0.4, 0.5) is 0 Å². The van der Waals surface area contributed by atoms with Crippen molar-refractivity contribution in [1.29, 1.82) is 0 Å². The number of unbranched alkanes of at least 4 members (excludes halogenated alkanes) is 9. The summed E-state index contributed by atoms with van der Waals surface area (Å²) in [5, 5.41) is 104. The lowest BCUT2D eigenvalue weighted by molar-refractivity contribution is -0.282. The average molecular weight is 2020 g/mol. The minimum Gasteiger partial charge on any atom is -0.394 e. The van der Waals surface area contributed by atoms with Gasteiger partial charge in [0, 0.05) is 142 Å². The Bertz CT molecular complexity index is 3440. The molecule has 6 saturated heterocycles. The zero-order valence-electron chi connectivity index (χ0n) is 79.9. The Kier molecular flexibility index (Phi) is 56.7. The SMILES string of the molecule is C=P(O)(OC)OC[C@H]1O[C@@H](C)[C@H](OCCOC)[C@@H]1OP(=O)(O)OC[C@H]1O[C@@H](C)C[C@@H]1OP(=O)(O)OC[C@@H]1C[C@@H](O)CN1C(=O)CC(=O)NC(COCCC(=O)CCCCCC(=O)CCCCO[C@@H]1OC(CO)[C@H](O)[C@H](O)C1C)(COCCC(=O)CCCCCC(=O)CCCCO[C@@H]1OC(CO)[C@H](O)[C@H](O)C1C)COCCC(=O)CCCCCC(=O)CCCCO[C@@H]1OC(CO)[C@H](O)[C@H](O)C1C. The predicted octanol–water partition coefficient (Wildman–Crippen LogP) is 3.32. The number of ketones is 6. The summed E-state index contributed by atoms with van der Waals surface area (Å²) in [6.07, 6.45) is -9.47. The maximum absolute atomic E-state index is 14.6. The quantitative estimate of drug-likeness (QED) is 0.0236. The smallest absolute Gasteiger partial charge is 0.394 e. The van der Waals surface area contributed by atoms with Crippen LogP contribution in [0.15, 0.2) is 0 Å². The number of phosphoric ester groups is 2. The molecule has 136 heavy (non-hydrogen) atoms. The molecule has 6 aliphatic heterocycles. The van der Waals surface area contributed by atoms with Crippen molar-refractivity contribution in [1.82, 2.24) is 10.2 Å². The van der Waals surface area contributed by atoms with Crippen molar-refractivity contribution in [2.45, 2.75) is 361 Å². The number of phosphoric acid groups is 2. The van der Waals surface area contributed by atoms with E-state index in [1.807, 2.05) is 0 Å². The Morgan fingerprint density at radius 1 is 0.412 bits per heavy atom. The Morgan fingerprint density at radius 3 is 1.18 bits per heavy atom. The minimum atomic E-state index is -5.16. The lowest BCUT2D eigenvalue weighted by atomic mass is 9.92. The first-order chi connectivity index (χ1) is 64.7. The van der Waals surface area contributed by atoms with Crippen molar-refractivity contribution in [3.05, 3.63) is 0 Å². The third-order valence-electron chi connectivity index (χ3n) is 24.9. The number of amides is 2. The summed E-state index contributed by atoms with van der Waals surface area (Å²) >= 11 is 0. The van der Waals surface area contributed by atoms with Gasteiger partial charge in [0.2, 0.25) is 19.4 Å². The summed E-state index contributed by atoms with van der Waals surface area (Å²) in [6, 6.07) is -1.14. The maximum Gasteiger partial charge on any atom is 0.472 e. The van der Waals surface area contributed by atoms with Gasteiger partial charge < -0.3 is 147 Å². The van der Waals surface area contributed by atoms with Crippen LogP contribution in [0.5, 0.6) is 0 Å². The van der Waals surface area contributed by atoms with E-state index < -0.39 is 253 Å². The Hall–Kier alpha value is -3.56. The van der Waals surface area contributed by atoms with Gasteiger partial charge in [0.1, 0.15) is 114 Å². The fraction of sp³-hybridized carbons (Fsp3) is 0.899. The van der Waals surface area contributed by atoms with Crippen LogP contribution in [-0.4, -0.2) is 391 Å². The molecule has 27 atom stereocenters. The highest BCUT2D eigenvalue weighted by Gasteiger charge is 2.51. The average Bonchev–Trinajstić information content (AvgIpc) is 1.24. The minimum absolute atomic E-state index is 0.0225. The number of ether oxygens (including phenoxy) is 13. The fourth-order valence-corrected chi connectivity index (χ4v) is 19.1. The molecule has 790 valence electrons. The number of Topliss-reactive ketones (excluding diaryl/α,β-unsaturated/α-hetero) is 6. The largest absolute Gasteiger partial charge is 0.472 e. The summed E-state index contributed by atoms with van der Waals surface area (Å²) in [7, 11) is -11.2. The normalized spacial score (nSPS) is 30.5. The zero-order valence-corrected chi connectivity index (χ0v) is 82.6. The molecule has 6 heterocycles. The van der Waals surface area contributed by atoms with E-state index in [0.717, 1.165) is 4.90 Å². The van der Waals surface area contributed by atoms with Gasteiger partial charge in [-0.25, -0.2) is 9.13 Å². The first-order valence-electron chi connectivity index (χ1n) is 47.9. The molecule has 2 amide bonds. The summed E-state index contributed by atoms with van der Waals surface area (Å²) in [5.74, 6) is -3.95. The maximum atomic E-state index is 14.6. The van der Waals surface area contributed by atoms with E-state index in [0.29, 0.717) is 96.3 Å². The number of aliphatic hydroxyl groups is 10. The summed E-state index contributed by atoms with van der Waals surface area (Å²) in [6.45, 7) is 3.42. The van der Waals surface area contributed by atoms with Gasteiger partial charge in [-0.2, -0.15) is 0 Å². The first kappa shape index (κ1) is 121. The van der Waals surface area contributed by atoms with Gasteiger partial charge in [-0.3, -0.25) is 56.5 Å². The van der Waals surface area contributed by atoms with E-state index in [2.05, 4.69) is 11.6 Å². The number of likely N-dealkylation sites (tertiary alicyclic amines) is 1. The second kappa shape index (κ2) is 63.7. The van der Waals surface area contributed by atoms with Crippen molar-refractivity contribution in [3.8, 4) is 0 Å². The van der Waals surface area contributed by atoms with E-state index in [4.69, 9.17) is 88.7 Å². The third kappa shape index (κ3) is 43.8. The number of methoxy groups -OCH3 is 1. The van der Waals surface area contributed by atoms with Crippen molar-refractivity contribution in [2.24, 2.45) is 17.8 Å². The number of carbonyl (C=O) groups is 8. The van der Waals surface area contributed by atoms with Crippen molar-refractivity contribution in [3.63, 3.8) is 0 Å². The van der Waals surface area contributed by atoms with E-state index in [9.17, 15) is 113 Å². The lowest BCUT2D eigenvalue weighted by Gasteiger charge is -2.40. The summed E-state index contributed by atoms with van der Waals surface area (Å²) in [5.41, 5.74) is -1.72. The zero-order chi connectivity index (χ0) is 100. The van der Waals surface area contributed by atoms with Crippen LogP contribution in [0.3, 0.4) is 0 Å². The molecule has 6 rings (SSSR count). The Labute approximate surface area is 797 Å². The molecule has 44 nitrogen and oxygen atoms in total. The topological polar surface area (TPSA) is 624 Å². The molecule has 6 aliphatic rings. The number of rotatable bonds is 75. The van der Waals surface area contributed by atoms with Gasteiger partial charge in [0.05, 0.1) is 135 Å². The van der Waals surface area contributed by atoms with Crippen LogP contribution in [0.25, 0.3) is 0 Å². The van der Waals surface area contributed by atoms with Crippen LogP contribution in [0.2, 0.25) is 0 Å². The van der Waals surface area contributed by atoms with Crippen LogP contribution >= 0.6 is 23.2 Å². The monoisotopic (exact) mass is 2020 g/mol. The molecule has 0 bridgehead atoms. The predicted molar refractivity (Wildman–Crippen MR) is 483 cm³/mol. The van der Waals surface area contributed by atoms with Crippen LogP contribution in [0, 0.1) is 17.8 Å². The lowest BCUT2D eigenvalue weighted by Crippen LogP contribution is -2.59. The van der Waals surface area contributed by atoms with E-state index in [-0.39, 0.29) is 184 Å². The highest BCUT2D eigenvalue weighted by Crippen LogP contribution is 2.52. The standard InChI is InChI=1S/C89H157N2O42P3/c1-57-44-70(74(127-57)52-126-136(113,114)133-85-75(53-124-134(8,110)116-7)128-61(5)84(85)120-43-42-115-6)132-135(111,112)125-51-62-45-69(101)47-91(62)77(103)46-76(102)90-89(54-117-39-33-66(98)27-15-9-12-24-63(95)30-18-21-36-121-86-58(2)78(104)81(107)71(48-92)129-86,55-118-40-34-67(99)28-16-10-13-25-64(96)31-19-22-37-122-87-59(3)79(105)82(108)72(49-93)130-87)56-119-41-35-68(100)29-17-11-14-26-65(97)32-20-23-38-123-88-60(4)80(106)83(109)73(50-94)131-88/h57-62,69-75,78-88,92-94,101,104-110H,8-56H2,1-7H3,(H,90,102)(H,111,112)(H,113,114)/t57-,58?,59?,60?,61-,62-,69+,70-,71?,72?,73?,74+,75+,78+,79+,80+,81-,82-,83-,84-,85+,86+,87+,88+,89?,134?/m0/s1. The molecule has 0 radical (unpaired) electrons. The second-order valence-corrected chi connectivity index (χ2v) is 41.1. The van der Waals surface area contributed by atoms with Crippen LogP contribution in [-0.2, 0) is 136 Å². The molecule has 0 aromatic carbocycles. The molecule has 0 aromatic heterocycles. The van der Waals surface area contributed by atoms with Gasteiger partial charge in [0.25, 0.3) is 0 Å². The van der Waals surface area contributed by atoms with Gasteiger partial charge in [0.15, 0.2) is 18.9 Å². The van der Waals surface area contributed by atoms with Gasteiger partial charge in [-0.15, -0.1) is 0 Å². The van der Waals surface area contributed by atoms with Gasteiger partial charge >= 0.3 is 15.6 Å². The molecule has 0 aliphatic carbocycles. The number of β-amino-alcohol motifs (C(OH)–C–C–N with tert-alkyl or cyclic N) is 1. The second-order valence-electron chi connectivity index (χ2n) is 36.4. The number of nitrogens with zero attached hydrogens (tertiary/aromatic N) is 1. The molecule has 0 saturated carbocycles.